The maximum Gasteiger partial charge on any atom is 0.341 e. The van der Waals surface area contributed by atoms with E-state index in [1.54, 1.807) is 6.07 Å². The van der Waals surface area contributed by atoms with E-state index in [2.05, 4.69) is 5.32 Å². The van der Waals surface area contributed by atoms with Crippen molar-refractivity contribution in [1.82, 2.24) is 0 Å². The molecular weight excluding hydrogens is 399 g/mol. The molecule has 0 aliphatic carbocycles. The molecule has 2 aromatic carbocycles. The van der Waals surface area contributed by atoms with Crippen molar-refractivity contribution in [3.05, 3.63) is 62.1 Å². The number of hydrogen-bond acceptors (Lipinski definition) is 6. The molecule has 2 aromatic rings. The van der Waals surface area contributed by atoms with Crippen LogP contribution in [0.3, 0.4) is 0 Å². The molecular formula is C17H14Cl2N2O6. The average Bonchev–Trinajstić information content (AvgIpc) is 2.61. The first-order chi connectivity index (χ1) is 12.7. The van der Waals surface area contributed by atoms with Gasteiger partial charge in [-0.05, 0) is 25.1 Å². The van der Waals surface area contributed by atoms with Crippen molar-refractivity contribution in [1.29, 1.82) is 0 Å². The molecule has 0 aliphatic heterocycles. The Kier molecular flexibility index (Phi) is 6.59. The normalized spacial score (nSPS) is 11.4. The number of rotatable bonds is 6. The lowest BCUT2D eigenvalue weighted by atomic mass is 10.2. The lowest BCUT2D eigenvalue weighted by molar-refractivity contribution is -0.384. The summed E-state index contributed by atoms with van der Waals surface area (Å²) in [6.07, 6.45) is -1.23. The highest BCUT2D eigenvalue weighted by atomic mass is 35.5. The SMILES string of the molecule is COc1ccc([N+](=O)[O-])cc1NC(=O)[C@@H](C)OC(=O)c1c(Cl)cccc1Cl. The van der Waals surface area contributed by atoms with Crippen LogP contribution in [0.2, 0.25) is 10.0 Å². The molecule has 0 heterocycles. The summed E-state index contributed by atoms with van der Waals surface area (Å²) in [7, 11) is 1.35. The zero-order valence-electron chi connectivity index (χ0n) is 14.2. The van der Waals surface area contributed by atoms with Gasteiger partial charge in [0.2, 0.25) is 0 Å². The minimum atomic E-state index is -1.23. The first kappa shape index (κ1) is 20.5. The summed E-state index contributed by atoms with van der Waals surface area (Å²) in [5.74, 6) is -1.38. The number of carbonyl (C=O) groups excluding carboxylic acids is 2. The first-order valence-corrected chi connectivity index (χ1v) is 8.28. The topological polar surface area (TPSA) is 108 Å². The summed E-state index contributed by atoms with van der Waals surface area (Å²) in [6.45, 7) is 1.34. The van der Waals surface area contributed by atoms with Crippen molar-refractivity contribution in [2.75, 3.05) is 12.4 Å². The molecule has 1 atom stereocenters. The summed E-state index contributed by atoms with van der Waals surface area (Å²) in [5.41, 5.74) is -0.234. The van der Waals surface area contributed by atoms with Crippen LogP contribution in [0.5, 0.6) is 5.75 Å². The van der Waals surface area contributed by atoms with Crippen LogP contribution in [-0.4, -0.2) is 30.0 Å². The first-order valence-electron chi connectivity index (χ1n) is 7.53. The summed E-state index contributed by atoms with van der Waals surface area (Å²) in [4.78, 5) is 34.8. The minimum absolute atomic E-state index is 0.0617. The number of hydrogen-bond donors (Lipinski definition) is 1. The fourth-order valence-corrected chi connectivity index (χ4v) is 2.66. The molecule has 0 aromatic heterocycles. The zero-order valence-corrected chi connectivity index (χ0v) is 15.7. The van der Waals surface area contributed by atoms with Crippen molar-refractivity contribution < 1.29 is 24.0 Å². The van der Waals surface area contributed by atoms with Crippen LogP contribution >= 0.6 is 23.2 Å². The van der Waals surface area contributed by atoms with E-state index in [-0.39, 0.29) is 32.7 Å². The van der Waals surface area contributed by atoms with Gasteiger partial charge in [-0.3, -0.25) is 14.9 Å². The summed E-state index contributed by atoms with van der Waals surface area (Å²) in [6, 6.07) is 8.19. The molecule has 142 valence electrons. The standard InChI is InChI=1S/C17H14Cl2N2O6/c1-9(27-17(23)15-11(18)4-3-5-12(15)19)16(22)20-13-8-10(21(24)25)6-7-14(13)26-2/h3-9H,1-2H3,(H,20,22)/t9-/m1/s1. The van der Waals surface area contributed by atoms with Gasteiger partial charge in [0.1, 0.15) is 5.75 Å². The second-order valence-electron chi connectivity index (χ2n) is 5.28. The predicted molar refractivity (Wildman–Crippen MR) is 99.6 cm³/mol. The zero-order chi connectivity index (χ0) is 20.1. The number of nitrogens with zero attached hydrogens (tertiary/aromatic N) is 1. The molecule has 2 rings (SSSR count). The minimum Gasteiger partial charge on any atom is -0.495 e. The van der Waals surface area contributed by atoms with Crippen molar-refractivity contribution in [2.45, 2.75) is 13.0 Å². The Labute approximate surface area is 164 Å². The summed E-state index contributed by atoms with van der Waals surface area (Å²) in [5, 5.41) is 13.5. The Morgan fingerprint density at radius 1 is 1.19 bits per heavy atom. The third-order valence-corrected chi connectivity index (χ3v) is 4.10. The molecule has 0 radical (unpaired) electrons. The second-order valence-corrected chi connectivity index (χ2v) is 6.09. The molecule has 0 unspecified atom stereocenters. The Morgan fingerprint density at radius 3 is 2.37 bits per heavy atom. The van der Waals surface area contributed by atoms with Gasteiger partial charge < -0.3 is 14.8 Å². The number of nitro groups is 1. The van der Waals surface area contributed by atoms with E-state index in [0.717, 1.165) is 6.07 Å². The van der Waals surface area contributed by atoms with Gasteiger partial charge in [-0.2, -0.15) is 0 Å². The molecule has 10 heteroatoms. The van der Waals surface area contributed by atoms with Crippen molar-refractivity contribution in [2.24, 2.45) is 0 Å². The summed E-state index contributed by atoms with van der Waals surface area (Å²) >= 11 is 11.9. The maximum atomic E-state index is 12.3. The highest BCUT2D eigenvalue weighted by molar-refractivity contribution is 6.39. The Morgan fingerprint density at radius 2 is 1.81 bits per heavy atom. The number of nitrogens with one attached hydrogen (secondary N) is 1. The average molecular weight is 413 g/mol. The largest absolute Gasteiger partial charge is 0.495 e. The van der Waals surface area contributed by atoms with E-state index in [9.17, 15) is 19.7 Å². The Hall–Kier alpha value is -2.84. The molecule has 0 bridgehead atoms. The van der Waals surface area contributed by atoms with E-state index in [0.29, 0.717) is 0 Å². The van der Waals surface area contributed by atoms with Gasteiger partial charge in [0, 0.05) is 12.1 Å². The molecule has 27 heavy (non-hydrogen) atoms. The van der Waals surface area contributed by atoms with E-state index < -0.39 is 22.9 Å². The van der Waals surface area contributed by atoms with E-state index in [4.69, 9.17) is 32.7 Å². The van der Waals surface area contributed by atoms with Crippen molar-refractivity contribution in [3.63, 3.8) is 0 Å². The van der Waals surface area contributed by atoms with Crippen molar-refractivity contribution >= 4 is 46.5 Å². The van der Waals surface area contributed by atoms with Crippen LogP contribution in [0.25, 0.3) is 0 Å². The van der Waals surface area contributed by atoms with Crippen LogP contribution in [0, 0.1) is 10.1 Å². The molecule has 0 spiro atoms. The van der Waals surface area contributed by atoms with E-state index in [1.165, 1.54) is 38.3 Å². The van der Waals surface area contributed by atoms with Gasteiger partial charge in [-0.15, -0.1) is 0 Å². The Balaban J connectivity index is 2.15. The fraction of sp³-hybridized carbons (Fsp3) is 0.176. The van der Waals surface area contributed by atoms with Crippen LogP contribution in [-0.2, 0) is 9.53 Å². The molecule has 0 fully saturated rings. The van der Waals surface area contributed by atoms with Gasteiger partial charge in [0.15, 0.2) is 6.10 Å². The quantitative estimate of drug-likeness (QED) is 0.434. The van der Waals surface area contributed by atoms with Gasteiger partial charge in [0.25, 0.3) is 11.6 Å². The maximum absolute atomic E-state index is 12.3. The van der Waals surface area contributed by atoms with Gasteiger partial charge in [0.05, 0.1) is 33.3 Å². The number of nitro benzene ring substituents is 1. The second kappa shape index (κ2) is 8.70. The number of amides is 1. The lowest BCUT2D eigenvalue weighted by Gasteiger charge is -2.16. The number of benzene rings is 2. The van der Waals surface area contributed by atoms with Gasteiger partial charge in [-0.25, -0.2) is 4.79 Å². The third kappa shape index (κ3) is 4.87. The molecule has 0 saturated heterocycles. The highest BCUT2D eigenvalue weighted by Crippen LogP contribution is 2.29. The number of esters is 1. The Bertz CT molecular complexity index is 883. The fourth-order valence-electron chi connectivity index (χ4n) is 2.11. The van der Waals surface area contributed by atoms with E-state index in [1.807, 2.05) is 0 Å². The smallest absolute Gasteiger partial charge is 0.341 e. The number of non-ortho nitro benzene ring substituents is 1. The van der Waals surface area contributed by atoms with Gasteiger partial charge >= 0.3 is 5.97 Å². The molecule has 8 nitrogen and oxygen atoms in total. The van der Waals surface area contributed by atoms with Crippen LogP contribution in [0.4, 0.5) is 11.4 Å². The van der Waals surface area contributed by atoms with Crippen LogP contribution in [0.1, 0.15) is 17.3 Å². The third-order valence-electron chi connectivity index (χ3n) is 3.47. The molecule has 1 amide bonds. The van der Waals surface area contributed by atoms with Crippen LogP contribution < -0.4 is 10.1 Å². The number of carbonyl (C=O) groups is 2. The number of ether oxygens (including phenoxy) is 2. The van der Waals surface area contributed by atoms with Crippen LogP contribution in [0.15, 0.2) is 36.4 Å². The predicted octanol–water partition coefficient (Wildman–Crippen LogP) is 4.09. The van der Waals surface area contributed by atoms with Gasteiger partial charge in [-0.1, -0.05) is 29.3 Å². The van der Waals surface area contributed by atoms with E-state index >= 15 is 0 Å². The summed E-state index contributed by atoms with van der Waals surface area (Å²) < 4.78 is 10.2. The van der Waals surface area contributed by atoms with Crippen molar-refractivity contribution in [3.8, 4) is 5.75 Å². The highest BCUT2D eigenvalue weighted by Gasteiger charge is 2.24. The number of anilines is 1. The monoisotopic (exact) mass is 412 g/mol. The lowest BCUT2D eigenvalue weighted by Crippen LogP contribution is -2.30. The molecule has 0 saturated carbocycles. The molecule has 1 N–H and O–H groups in total. The number of halogens is 2. The number of methoxy groups -OCH3 is 1. The molecule has 0 aliphatic rings.